The lowest BCUT2D eigenvalue weighted by Gasteiger charge is -2.35. The van der Waals surface area contributed by atoms with Gasteiger partial charge in [-0.15, -0.1) is 0 Å². The molecule has 4 rings (SSSR count). The third-order valence-electron chi connectivity index (χ3n) is 6.79. The smallest absolute Gasteiger partial charge is 0.311 e. The maximum absolute atomic E-state index is 14.3. The summed E-state index contributed by atoms with van der Waals surface area (Å²) in [5.41, 5.74) is 2.08. The number of anilines is 1. The van der Waals surface area contributed by atoms with Crippen molar-refractivity contribution in [3.8, 4) is 0 Å². The van der Waals surface area contributed by atoms with Crippen LogP contribution < -0.4 is 5.01 Å². The molecule has 0 saturated carbocycles. The summed E-state index contributed by atoms with van der Waals surface area (Å²) in [6, 6.07) is 25.9. The van der Waals surface area contributed by atoms with Crippen molar-refractivity contribution >= 4 is 29.1 Å². The molecule has 0 bridgehead atoms. The van der Waals surface area contributed by atoms with Crippen LogP contribution in [0.3, 0.4) is 0 Å². The summed E-state index contributed by atoms with van der Waals surface area (Å²) in [5, 5.41) is 6.00. The number of carbonyl (C=O) groups is 3. The first-order valence-corrected chi connectivity index (χ1v) is 12.5. The van der Waals surface area contributed by atoms with Gasteiger partial charge < -0.3 is 4.74 Å². The normalized spacial score (nSPS) is 18.0. The first-order chi connectivity index (χ1) is 17.7. The molecule has 3 aromatic carbocycles. The zero-order valence-electron chi connectivity index (χ0n) is 21.7. The minimum Gasteiger partial charge on any atom is -0.463 e. The molecule has 1 aliphatic rings. The Morgan fingerprint density at radius 2 is 1.49 bits per heavy atom. The number of hydrazone groups is 1. The highest BCUT2D eigenvalue weighted by Crippen LogP contribution is 2.44. The lowest BCUT2D eigenvalue weighted by molar-refractivity contribution is -0.158. The van der Waals surface area contributed by atoms with Gasteiger partial charge in [-0.3, -0.25) is 14.4 Å². The van der Waals surface area contributed by atoms with E-state index in [1.807, 2.05) is 67.6 Å². The number of nitrogens with zero attached hydrogens (tertiary/aromatic N) is 2. The molecule has 6 heteroatoms. The van der Waals surface area contributed by atoms with Crippen molar-refractivity contribution in [2.75, 3.05) is 5.01 Å². The fourth-order valence-corrected chi connectivity index (χ4v) is 4.83. The van der Waals surface area contributed by atoms with Crippen LogP contribution in [-0.4, -0.2) is 29.5 Å². The van der Waals surface area contributed by atoms with Crippen molar-refractivity contribution in [3.05, 3.63) is 102 Å². The average molecular weight is 497 g/mol. The highest BCUT2D eigenvalue weighted by molar-refractivity contribution is 6.21. The van der Waals surface area contributed by atoms with E-state index in [-0.39, 0.29) is 24.5 Å². The molecular formula is C31H32N2O4. The van der Waals surface area contributed by atoms with Gasteiger partial charge >= 0.3 is 5.97 Å². The number of benzene rings is 3. The Hall–Kier alpha value is -4.06. The lowest BCUT2D eigenvalue weighted by Crippen LogP contribution is -2.51. The molecule has 0 aliphatic carbocycles. The summed E-state index contributed by atoms with van der Waals surface area (Å²) in [6.45, 7) is 7.22. The third-order valence-corrected chi connectivity index (χ3v) is 6.79. The predicted molar refractivity (Wildman–Crippen MR) is 144 cm³/mol. The van der Waals surface area contributed by atoms with Crippen molar-refractivity contribution in [2.24, 2.45) is 16.4 Å². The van der Waals surface area contributed by atoms with Gasteiger partial charge in [0.25, 0.3) is 5.91 Å². The molecule has 37 heavy (non-hydrogen) atoms. The summed E-state index contributed by atoms with van der Waals surface area (Å²) in [5.74, 6) is -2.21. The van der Waals surface area contributed by atoms with Gasteiger partial charge in [0.1, 0.15) is 5.41 Å². The van der Waals surface area contributed by atoms with Crippen LogP contribution in [0.15, 0.2) is 90.0 Å². The Labute approximate surface area is 218 Å². The quantitative estimate of drug-likeness (QED) is 0.278. The molecule has 0 aromatic heterocycles. The summed E-state index contributed by atoms with van der Waals surface area (Å²) >= 11 is 0. The maximum atomic E-state index is 14.3. The van der Waals surface area contributed by atoms with Crippen LogP contribution >= 0.6 is 0 Å². The third kappa shape index (κ3) is 5.38. The van der Waals surface area contributed by atoms with Gasteiger partial charge in [-0.2, -0.15) is 10.1 Å². The van der Waals surface area contributed by atoms with Crippen LogP contribution in [-0.2, 0) is 20.7 Å². The predicted octanol–water partition coefficient (Wildman–Crippen LogP) is 5.79. The molecule has 2 atom stereocenters. The largest absolute Gasteiger partial charge is 0.463 e. The standard InChI is InChI=1S/C31H32N2O4/c1-21(2)37-29(35)27(19-28(34)25-17-15-22(3)16-18-25)31(20-24-11-7-5-8-12-24)23(4)32-33(30(31)36)26-13-9-6-10-14-26/h5-18,21,27H,19-20H2,1-4H3/t27-,31+/m0/s1. The number of esters is 1. The number of ether oxygens (including phenoxy) is 1. The van der Waals surface area contributed by atoms with Gasteiger partial charge in [-0.1, -0.05) is 78.4 Å². The number of aryl methyl sites for hydroxylation is 1. The SMILES string of the molecule is CC1=NN(c2ccccc2)C(=O)[C@@]1(Cc1ccccc1)[C@@H](CC(=O)c1ccc(C)cc1)C(=O)OC(C)C. The van der Waals surface area contributed by atoms with Crippen LogP contribution in [0.1, 0.15) is 48.7 Å². The molecule has 190 valence electrons. The molecule has 1 heterocycles. The maximum Gasteiger partial charge on any atom is 0.311 e. The van der Waals surface area contributed by atoms with Crippen LogP contribution in [0.25, 0.3) is 0 Å². The molecule has 3 aromatic rings. The number of rotatable bonds is 9. The van der Waals surface area contributed by atoms with E-state index < -0.39 is 23.4 Å². The van der Waals surface area contributed by atoms with Gasteiger partial charge in [0.05, 0.1) is 23.4 Å². The molecule has 0 spiro atoms. The molecule has 0 unspecified atom stereocenters. The molecule has 1 aliphatic heterocycles. The van der Waals surface area contributed by atoms with Gasteiger partial charge in [0.2, 0.25) is 0 Å². The van der Waals surface area contributed by atoms with E-state index in [4.69, 9.17) is 4.74 Å². The van der Waals surface area contributed by atoms with Crippen molar-refractivity contribution < 1.29 is 19.1 Å². The number of para-hydroxylation sites is 1. The minimum atomic E-state index is -1.39. The van der Waals surface area contributed by atoms with E-state index in [1.54, 1.807) is 45.0 Å². The van der Waals surface area contributed by atoms with E-state index in [1.165, 1.54) is 5.01 Å². The van der Waals surface area contributed by atoms with Crippen molar-refractivity contribution in [1.29, 1.82) is 0 Å². The molecule has 0 N–H and O–H groups in total. The highest BCUT2D eigenvalue weighted by Gasteiger charge is 2.58. The monoisotopic (exact) mass is 496 g/mol. The Balaban J connectivity index is 1.83. The fraction of sp³-hybridized carbons (Fsp3) is 0.290. The van der Waals surface area contributed by atoms with E-state index in [9.17, 15) is 14.4 Å². The molecule has 6 nitrogen and oxygen atoms in total. The number of hydrogen-bond donors (Lipinski definition) is 0. The summed E-state index contributed by atoms with van der Waals surface area (Å²) in [6.07, 6.45) is -0.371. The Kier molecular flexibility index (Phi) is 7.67. The van der Waals surface area contributed by atoms with Crippen molar-refractivity contribution in [2.45, 2.75) is 46.6 Å². The summed E-state index contributed by atoms with van der Waals surface area (Å²) < 4.78 is 5.66. The second-order valence-corrected chi connectivity index (χ2v) is 9.80. The van der Waals surface area contributed by atoms with Gasteiger partial charge in [0.15, 0.2) is 5.78 Å². The van der Waals surface area contributed by atoms with E-state index in [0.29, 0.717) is 17.0 Å². The summed E-state index contributed by atoms with van der Waals surface area (Å²) in [4.78, 5) is 41.5. The van der Waals surface area contributed by atoms with E-state index in [2.05, 4.69) is 5.10 Å². The van der Waals surface area contributed by atoms with Crippen molar-refractivity contribution in [1.82, 2.24) is 0 Å². The number of ketones is 1. The van der Waals surface area contributed by atoms with Crippen LogP contribution in [0.2, 0.25) is 0 Å². The first-order valence-electron chi connectivity index (χ1n) is 12.5. The lowest BCUT2D eigenvalue weighted by atomic mass is 9.66. The Bertz CT molecular complexity index is 1300. The van der Waals surface area contributed by atoms with Crippen molar-refractivity contribution in [3.63, 3.8) is 0 Å². The number of Topliss-reactive ketones (excluding diaryl/α,β-unsaturated/α-hetero) is 1. The zero-order valence-corrected chi connectivity index (χ0v) is 21.7. The minimum absolute atomic E-state index is 0.178. The zero-order chi connectivity index (χ0) is 26.6. The van der Waals surface area contributed by atoms with Crippen LogP contribution in [0, 0.1) is 18.3 Å². The average Bonchev–Trinajstić information content (AvgIpc) is 3.13. The van der Waals surface area contributed by atoms with Gasteiger partial charge in [-0.05, 0) is 51.8 Å². The van der Waals surface area contributed by atoms with Crippen LogP contribution in [0.4, 0.5) is 5.69 Å². The second kappa shape index (κ2) is 10.9. The number of hydrogen-bond acceptors (Lipinski definition) is 5. The number of amides is 1. The Morgan fingerprint density at radius 1 is 0.892 bits per heavy atom. The molecule has 0 saturated heterocycles. The van der Waals surface area contributed by atoms with Crippen LogP contribution in [0.5, 0.6) is 0 Å². The van der Waals surface area contributed by atoms with E-state index in [0.717, 1.165) is 11.1 Å². The first kappa shape index (κ1) is 26.0. The second-order valence-electron chi connectivity index (χ2n) is 9.80. The summed E-state index contributed by atoms with van der Waals surface area (Å²) in [7, 11) is 0. The van der Waals surface area contributed by atoms with Gasteiger partial charge in [0, 0.05) is 12.0 Å². The molecule has 0 radical (unpaired) electrons. The Morgan fingerprint density at radius 3 is 2.08 bits per heavy atom. The topological polar surface area (TPSA) is 76.0 Å². The molecule has 1 amide bonds. The van der Waals surface area contributed by atoms with E-state index >= 15 is 0 Å². The molecule has 0 fully saturated rings. The molecular weight excluding hydrogens is 464 g/mol. The fourth-order valence-electron chi connectivity index (χ4n) is 4.83. The highest BCUT2D eigenvalue weighted by atomic mass is 16.5. The number of carbonyl (C=O) groups excluding carboxylic acids is 3. The van der Waals surface area contributed by atoms with Gasteiger partial charge in [-0.25, -0.2) is 0 Å².